The zero-order chi connectivity index (χ0) is 13.3. The molecule has 2 rings (SSSR count). The van der Waals surface area contributed by atoms with E-state index >= 15 is 0 Å². The molecule has 1 aliphatic heterocycles. The average molecular weight is 288 g/mol. The summed E-state index contributed by atoms with van der Waals surface area (Å²) in [5.41, 5.74) is 0.308. The number of nitrogens with one attached hydrogen (secondary N) is 1. The summed E-state index contributed by atoms with van der Waals surface area (Å²) in [5.74, 6) is 1.51. The van der Waals surface area contributed by atoms with Crippen molar-refractivity contribution in [2.75, 3.05) is 30.4 Å². The molecule has 0 unspecified atom stereocenters. The van der Waals surface area contributed by atoms with E-state index in [1.54, 1.807) is 6.07 Å². The molecule has 0 spiro atoms. The highest BCUT2D eigenvalue weighted by Crippen LogP contribution is 2.36. The third-order valence-corrected chi connectivity index (χ3v) is 3.91. The van der Waals surface area contributed by atoms with E-state index in [2.05, 4.69) is 29.0 Å². The molecule has 0 amide bonds. The molecule has 0 aliphatic carbocycles. The minimum absolute atomic E-state index is 0.308. The summed E-state index contributed by atoms with van der Waals surface area (Å²) in [7, 11) is 1.81. The van der Waals surface area contributed by atoms with Crippen LogP contribution in [-0.4, -0.2) is 25.1 Å². The number of aromatic nitrogens is 1. The van der Waals surface area contributed by atoms with E-state index in [-0.39, 0.29) is 0 Å². The SMILES string of the molecule is CNc1nc(N2CCCC(C)(C)C2)c(Cl)cc1Cl. The summed E-state index contributed by atoms with van der Waals surface area (Å²) >= 11 is 12.3. The Hall–Kier alpha value is -0.670. The van der Waals surface area contributed by atoms with Crippen LogP contribution in [0, 0.1) is 5.41 Å². The minimum Gasteiger partial charge on any atom is -0.372 e. The first kappa shape index (κ1) is 13.8. The van der Waals surface area contributed by atoms with E-state index in [4.69, 9.17) is 23.2 Å². The smallest absolute Gasteiger partial charge is 0.149 e. The van der Waals surface area contributed by atoms with Crippen molar-refractivity contribution < 1.29 is 0 Å². The maximum absolute atomic E-state index is 6.27. The van der Waals surface area contributed by atoms with Gasteiger partial charge in [0.2, 0.25) is 0 Å². The quantitative estimate of drug-likeness (QED) is 0.889. The fraction of sp³-hybridized carbons (Fsp3) is 0.615. The standard InChI is InChI=1S/C13H19Cl2N3/c1-13(2)5-4-6-18(8-13)12-10(15)7-9(14)11(16-3)17-12/h7H,4-6,8H2,1-3H3,(H,16,17). The van der Waals surface area contributed by atoms with Gasteiger partial charge in [-0.1, -0.05) is 37.0 Å². The van der Waals surface area contributed by atoms with Gasteiger partial charge in [0.1, 0.15) is 11.6 Å². The second-order valence-corrected chi connectivity index (χ2v) is 6.38. The average Bonchev–Trinajstić information content (AvgIpc) is 2.27. The first-order chi connectivity index (χ1) is 8.43. The summed E-state index contributed by atoms with van der Waals surface area (Å²) in [4.78, 5) is 6.78. The summed E-state index contributed by atoms with van der Waals surface area (Å²) < 4.78 is 0. The highest BCUT2D eigenvalue weighted by molar-refractivity contribution is 6.37. The maximum atomic E-state index is 6.27. The molecule has 0 saturated carbocycles. The largest absolute Gasteiger partial charge is 0.372 e. The van der Waals surface area contributed by atoms with Crippen LogP contribution in [0.25, 0.3) is 0 Å². The van der Waals surface area contributed by atoms with Gasteiger partial charge in [-0.3, -0.25) is 0 Å². The molecule has 5 heteroatoms. The van der Waals surface area contributed by atoms with Crippen LogP contribution >= 0.6 is 23.2 Å². The van der Waals surface area contributed by atoms with Crippen molar-refractivity contribution in [1.29, 1.82) is 0 Å². The minimum atomic E-state index is 0.308. The summed E-state index contributed by atoms with van der Waals surface area (Å²) in [5, 5.41) is 4.17. The summed E-state index contributed by atoms with van der Waals surface area (Å²) in [6, 6.07) is 1.76. The molecule has 0 aromatic carbocycles. The predicted molar refractivity (Wildman–Crippen MR) is 79.0 cm³/mol. The first-order valence-electron chi connectivity index (χ1n) is 6.22. The first-order valence-corrected chi connectivity index (χ1v) is 6.97. The van der Waals surface area contributed by atoms with Crippen LogP contribution in [0.5, 0.6) is 0 Å². The van der Waals surface area contributed by atoms with Crippen molar-refractivity contribution in [2.45, 2.75) is 26.7 Å². The van der Waals surface area contributed by atoms with Crippen LogP contribution in [0.15, 0.2) is 6.07 Å². The number of hydrogen-bond donors (Lipinski definition) is 1. The highest BCUT2D eigenvalue weighted by Gasteiger charge is 2.28. The van der Waals surface area contributed by atoms with Crippen molar-refractivity contribution in [3.8, 4) is 0 Å². The third kappa shape index (κ3) is 2.83. The zero-order valence-electron chi connectivity index (χ0n) is 11.1. The number of rotatable bonds is 2. The second-order valence-electron chi connectivity index (χ2n) is 5.56. The van der Waals surface area contributed by atoms with Crippen molar-refractivity contribution in [2.24, 2.45) is 5.41 Å². The van der Waals surface area contributed by atoms with E-state index in [9.17, 15) is 0 Å². The van der Waals surface area contributed by atoms with Gasteiger partial charge in [-0.15, -0.1) is 0 Å². The molecule has 1 saturated heterocycles. The molecule has 1 fully saturated rings. The highest BCUT2D eigenvalue weighted by atomic mass is 35.5. The Morgan fingerprint density at radius 1 is 1.33 bits per heavy atom. The Bertz CT molecular complexity index is 446. The number of hydrogen-bond acceptors (Lipinski definition) is 3. The van der Waals surface area contributed by atoms with Gasteiger partial charge in [0.25, 0.3) is 0 Å². The molecule has 1 aromatic rings. The molecular weight excluding hydrogens is 269 g/mol. The van der Waals surface area contributed by atoms with Gasteiger partial charge in [0, 0.05) is 20.1 Å². The van der Waals surface area contributed by atoms with E-state index in [0.29, 0.717) is 21.3 Å². The number of piperidine rings is 1. The molecule has 18 heavy (non-hydrogen) atoms. The van der Waals surface area contributed by atoms with Gasteiger partial charge in [-0.2, -0.15) is 0 Å². The van der Waals surface area contributed by atoms with Crippen LogP contribution in [0.3, 0.4) is 0 Å². The van der Waals surface area contributed by atoms with Gasteiger partial charge < -0.3 is 10.2 Å². The van der Waals surface area contributed by atoms with E-state index < -0.39 is 0 Å². The molecule has 1 aromatic heterocycles. The Labute approximate surface area is 118 Å². The van der Waals surface area contributed by atoms with Crippen LogP contribution in [-0.2, 0) is 0 Å². The molecule has 3 nitrogen and oxygen atoms in total. The molecule has 0 radical (unpaired) electrons. The molecule has 0 atom stereocenters. The van der Waals surface area contributed by atoms with E-state index in [1.807, 2.05) is 7.05 Å². The van der Waals surface area contributed by atoms with Crippen molar-refractivity contribution in [3.63, 3.8) is 0 Å². The fourth-order valence-electron chi connectivity index (χ4n) is 2.46. The van der Waals surface area contributed by atoms with Gasteiger partial charge in [0.15, 0.2) is 0 Å². The van der Waals surface area contributed by atoms with Crippen LogP contribution in [0.4, 0.5) is 11.6 Å². The van der Waals surface area contributed by atoms with Crippen LogP contribution < -0.4 is 10.2 Å². The monoisotopic (exact) mass is 287 g/mol. The lowest BCUT2D eigenvalue weighted by atomic mass is 9.84. The van der Waals surface area contributed by atoms with Gasteiger partial charge >= 0.3 is 0 Å². The molecule has 1 N–H and O–H groups in total. The zero-order valence-corrected chi connectivity index (χ0v) is 12.6. The van der Waals surface area contributed by atoms with E-state index in [0.717, 1.165) is 18.9 Å². The molecule has 1 aliphatic rings. The Balaban J connectivity index is 2.32. The van der Waals surface area contributed by atoms with Crippen molar-refractivity contribution in [3.05, 3.63) is 16.1 Å². The number of pyridine rings is 1. The Morgan fingerprint density at radius 2 is 2.06 bits per heavy atom. The van der Waals surface area contributed by atoms with Gasteiger partial charge in [-0.05, 0) is 24.3 Å². The maximum Gasteiger partial charge on any atom is 0.149 e. The normalized spacial score (nSPS) is 18.8. The van der Waals surface area contributed by atoms with Crippen LogP contribution in [0.2, 0.25) is 10.0 Å². The van der Waals surface area contributed by atoms with Crippen molar-refractivity contribution in [1.82, 2.24) is 4.98 Å². The lowest BCUT2D eigenvalue weighted by Gasteiger charge is -2.39. The van der Waals surface area contributed by atoms with Crippen molar-refractivity contribution >= 4 is 34.8 Å². The number of anilines is 2. The Kier molecular flexibility index (Phi) is 3.93. The molecule has 0 bridgehead atoms. The molecular formula is C13H19Cl2N3. The predicted octanol–water partition coefficient (Wildman–Crippen LogP) is 4.06. The van der Waals surface area contributed by atoms with E-state index in [1.165, 1.54) is 12.8 Å². The third-order valence-electron chi connectivity index (χ3n) is 3.35. The van der Waals surface area contributed by atoms with Gasteiger partial charge in [0.05, 0.1) is 10.0 Å². The lowest BCUT2D eigenvalue weighted by Crippen LogP contribution is -2.40. The number of nitrogens with zero attached hydrogens (tertiary/aromatic N) is 2. The summed E-state index contributed by atoms with van der Waals surface area (Å²) in [6.07, 6.45) is 2.41. The van der Waals surface area contributed by atoms with Gasteiger partial charge in [-0.25, -0.2) is 4.98 Å². The molecule has 100 valence electrons. The number of halogens is 2. The molecule has 2 heterocycles. The topological polar surface area (TPSA) is 28.2 Å². The lowest BCUT2D eigenvalue weighted by molar-refractivity contribution is 0.292. The Morgan fingerprint density at radius 3 is 2.67 bits per heavy atom. The summed E-state index contributed by atoms with van der Waals surface area (Å²) in [6.45, 7) is 6.54. The van der Waals surface area contributed by atoms with Crippen LogP contribution in [0.1, 0.15) is 26.7 Å². The fourth-order valence-corrected chi connectivity index (χ4v) is 3.03. The second kappa shape index (κ2) is 5.14.